The number of ether oxygens (including phenoxy) is 1. The number of Topliss-reactive ketones (excluding diaryl/α,β-unsaturated/α-hetero) is 1. The van der Waals surface area contributed by atoms with Crippen LogP contribution in [0.5, 0.6) is 23.0 Å². The van der Waals surface area contributed by atoms with Gasteiger partial charge in [-0.2, -0.15) is 0 Å². The van der Waals surface area contributed by atoms with Gasteiger partial charge in [0.25, 0.3) is 0 Å². The molecule has 0 fully saturated rings. The highest BCUT2D eigenvalue weighted by Gasteiger charge is 2.31. The fourth-order valence-corrected chi connectivity index (χ4v) is 3.84. The lowest BCUT2D eigenvalue weighted by Crippen LogP contribution is -2.21. The molecule has 1 heterocycles. The molecule has 0 aromatic heterocycles. The van der Waals surface area contributed by atoms with E-state index < -0.39 is 6.10 Å². The molecule has 0 amide bonds. The molecule has 1 atom stereocenters. The number of aryl methyl sites for hydroxylation is 1. The number of phenols is 3. The lowest BCUT2D eigenvalue weighted by atomic mass is 9.91. The number of rotatable bonds is 6. The summed E-state index contributed by atoms with van der Waals surface area (Å²) >= 11 is 0. The van der Waals surface area contributed by atoms with Gasteiger partial charge in [-0.25, -0.2) is 0 Å². The van der Waals surface area contributed by atoms with Gasteiger partial charge in [-0.05, 0) is 75.8 Å². The summed E-state index contributed by atoms with van der Waals surface area (Å²) in [6, 6.07) is 6.06. The molecule has 0 saturated heterocycles. The van der Waals surface area contributed by atoms with Crippen LogP contribution >= 0.6 is 0 Å². The molecule has 5 heteroatoms. The van der Waals surface area contributed by atoms with Crippen LogP contribution in [0.4, 0.5) is 0 Å². The zero-order valence-electron chi connectivity index (χ0n) is 18.5. The van der Waals surface area contributed by atoms with Gasteiger partial charge in [-0.15, -0.1) is 0 Å². The highest BCUT2D eigenvalue weighted by molar-refractivity contribution is 6.02. The van der Waals surface area contributed by atoms with Crippen molar-refractivity contribution in [1.29, 1.82) is 0 Å². The summed E-state index contributed by atoms with van der Waals surface area (Å²) in [5.74, 6) is -0.306. The second-order valence-electron chi connectivity index (χ2n) is 8.48. The maximum absolute atomic E-state index is 12.6. The van der Waals surface area contributed by atoms with Crippen LogP contribution < -0.4 is 4.74 Å². The van der Waals surface area contributed by atoms with E-state index in [0.717, 1.165) is 35.6 Å². The first-order valence-corrected chi connectivity index (χ1v) is 10.5. The van der Waals surface area contributed by atoms with Crippen LogP contribution in [0.15, 0.2) is 47.6 Å². The monoisotopic (exact) mass is 422 g/mol. The third kappa shape index (κ3) is 5.29. The Balaban J connectivity index is 1.84. The summed E-state index contributed by atoms with van der Waals surface area (Å²) in [7, 11) is 0. The van der Waals surface area contributed by atoms with Crippen molar-refractivity contribution in [1.82, 2.24) is 0 Å². The SMILES string of the molecule is CC(C)=CCCC(C)=CCc1cc([C@@H]2CC(=O)c3c(O)cc(O)cc3O2)c(C)cc1O. The Kier molecular flexibility index (Phi) is 6.74. The lowest BCUT2D eigenvalue weighted by molar-refractivity contribution is 0.0844. The van der Waals surface area contributed by atoms with Crippen molar-refractivity contribution in [2.75, 3.05) is 0 Å². The maximum Gasteiger partial charge on any atom is 0.174 e. The molecular weight excluding hydrogens is 392 g/mol. The average molecular weight is 423 g/mol. The molecule has 1 aliphatic heterocycles. The largest absolute Gasteiger partial charge is 0.508 e. The highest BCUT2D eigenvalue weighted by Crippen LogP contribution is 2.42. The van der Waals surface area contributed by atoms with E-state index in [1.54, 1.807) is 6.07 Å². The van der Waals surface area contributed by atoms with Gasteiger partial charge in [0.2, 0.25) is 0 Å². The molecule has 31 heavy (non-hydrogen) atoms. The van der Waals surface area contributed by atoms with Gasteiger partial charge in [0.05, 0.1) is 6.42 Å². The predicted molar refractivity (Wildman–Crippen MR) is 121 cm³/mol. The summed E-state index contributed by atoms with van der Waals surface area (Å²) in [5.41, 5.74) is 5.05. The van der Waals surface area contributed by atoms with Crippen LogP contribution in [-0.4, -0.2) is 21.1 Å². The first kappa shape index (κ1) is 22.5. The van der Waals surface area contributed by atoms with Crippen LogP contribution in [0.25, 0.3) is 0 Å². The number of benzene rings is 2. The molecule has 5 nitrogen and oxygen atoms in total. The first-order chi connectivity index (χ1) is 14.7. The average Bonchev–Trinajstić information content (AvgIpc) is 2.66. The molecule has 3 rings (SSSR count). The topological polar surface area (TPSA) is 87.0 Å². The Morgan fingerprint density at radius 3 is 2.52 bits per heavy atom. The van der Waals surface area contributed by atoms with Crippen LogP contribution in [0.3, 0.4) is 0 Å². The lowest BCUT2D eigenvalue weighted by Gasteiger charge is -2.27. The number of carbonyl (C=O) groups is 1. The van der Waals surface area contributed by atoms with Crippen molar-refractivity contribution in [3.05, 3.63) is 69.8 Å². The number of hydrogen-bond acceptors (Lipinski definition) is 5. The van der Waals surface area contributed by atoms with Gasteiger partial charge in [0.1, 0.15) is 34.7 Å². The minimum absolute atomic E-state index is 0.0773. The van der Waals surface area contributed by atoms with Crippen molar-refractivity contribution >= 4 is 5.78 Å². The normalized spacial score (nSPS) is 15.9. The number of hydrogen-bond donors (Lipinski definition) is 3. The van der Waals surface area contributed by atoms with Crippen molar-refractivity contribution in [2.45, 2.75) is 59.5 Å². The van der Waals surface area contributed by atoms with Gasteiger partial charge in [0, 0.05) is 12.1 Å². The van der Waals surface area contributed by atoms with Crippen molar-refractivity contribution in [3.8, 4) is 23.0 Å². The Morgan fingerprint density at radius 1 is 1.06 bits per heavy atom. The number of carbonyl (C=O) groups excluding carboxylic acids is 1. The number of allylic oxidation sites excluding steroid dienone is 4. The van der Waals surface area contributed by atoms with E-state index in [1.807, 2.05) is 13.0 Å². The molecule has 164 valence electrons. The summed E-state index contributed by atoms with van der Waals surface area (Å²) in [6.45, 7) is 8.13. The quantitative estimate of drug-likeness (QED) is 0.493. The zero-order valence-corrected chi connectivity index (χ0v) is 18.5. The van der Waals surface area contributed by atoms with Gasteiger partial charge < -0.3 is 20.1 Å². The van der Waals surface area contributed by atoms with E-state index in [0.29, 0.717) is 6.42 Å². The van der Waals surface area contributed by atoms with Gasteiger partial charge >= 0.3 is 0 Å². The van der Waals surface area contributed by atoms with Gasteiger partial charge in [-0.1, -0.05) is 23.3 Å². The van der Waals surface area contributed by atoms with E-state index in [-0.39, 0.29) is 40.8 Å². The maximum atomic E-state index is 12.6. The van der Waals surface area contributed by atoms with Crippen LogP contribution in [0.2, 0.25) is 0 Å². The van der Waals surface area contributed by atoms with Crippen molar-refractivity contribution in [2.24, 2.45) is 0 Å². The Labute approximate surface area is 183 Å². The number of phenolic OH excluding ortho intramolecular Hbond substituents is 3. The van der Waals surface area contributed by atoms with E-state index in [1.165, 1.54) is 17.2 Å². The number of fused-ring (bicyclic) bond motifs is 1. The Bertz CT molecular complexity index is 1060. The molecule has 2 aromatic rings. The highest BCUT2D eigenvalue weighted by atomic mass is 16.5. The van der Waals surface area contributed by atoms with E-state index in [2.05, 4.69) is 32.9 Å². The van der Waals surface area contributed by atoms with E-state index >= 15 is 0 Å². The fourth-order valence-electron chi connectivity index (χ4n) is 3.84. The standard InChI is InChI=1S/C26H30O5/c1-15(2)6-5-7-16(3)8-9-18-11-20(17(4)10-21(18)28)24-14-23(30)26-22(29)12-19(27)13-25(26)31-24/h6,8,10-13,24,27-29H,5,7,9,14H2,1-4H3/t24-/m0/s1. The van der Waals surface area contributed by atoms with Crippen LogP contribution in [-0.2, 0) is 6.42 Å². The molecule has 0 spiro atoms. The first-order valence-electron chi connectivity index (χ1n) is 10.5. The predicted octanol–water partition coefficient (Wildman–Crippen LogP) is 6.05. The molecule has 0 radical (unpaired) electrons. The Hall–Kier alpha value is -3.21. The molecule has 0 bridgehead atoms. The smallest absolute Gasteiger partial charge is 0.174 e. The minimum atomic E-state index is -0.553. The molecule has 2 aromatic carbocycles. The van der Waals surface area contributed by atoms with Gasteiger partial charge in [-0.3, -0.25) is 4.79 Å². The van der Waals surface area contributed by atoms with Crippen molar-refractivity contribution in [3.63, 3.8) is 0 Å². The van der Waals surface area contributed by atoms with Gasteiger partial charge in [0.15, 0.2) is 5.78 Å². The Morgan fingerprint density at radius 2 is 1.81 bits per heavy atom. The zero-order chi connectivity index (χ0) is 22.7. The number of aromatic hydroxyl groups is 3. The molecule has 3 N–H and O–H groups in total. The molecule has 0 unspecified atom stereocenters. The fraction of sp³-hybridized carbons (Fsp3) is 0.346. The van der Waals surface area contributed by atoms with Crippen LogP contribution in [0, 0.1) is 6.92 Å². The van der Waals surface area contributed by atoms with Crippen molar-refractivity contribution < 1.29 is 24.9 Å². The molecule has 1 aliphatic rings. The van der Waals surface area contributed by atoms with Crippen LogP contribution in [0.1, 0.15) is 73.2 Å². The second-order valence-corrected chi connectivity index (χ2v) is 8.48. The summed E-state index contributed by atoms with van der Waals surface area (Å²) in [6.07, 6.45) is 6.39. The summed E-state index contributed by atoms with van der Waals surface area (Å²) in [5, 5.41) is 30.2. The third-order valence-corrected chi connectivity index (χ3v) is 5.56. The summed E-state index contributed by atoms with van der Waals surface area (Å²) < 4.78 is 5.98. The number of ketones is 1. The summed E-state index contributed by atoms with van der Waals surface area (Å²) in [4.78, 5) is 12.6. The van der Waals surface area contributed by atoms with E-state index in [9.17, 15) is 20.1 Å². The molecule has 0 saturated carbocycles. The van der Waals surface area contributed by atoms with E-state index in [4.69, 9.17) is 4.74 Å². The third-order valence-electron chi connectivity index (χ3n) is 5.56. The second kappa shape index (κ2) is 9.29. The molecule has 0 aliphatic carbocycles. The molecular formula is C26H30O5. The minimum Gasteiger partial charge on any atom is -0.508 e.